The van der Waals surface area contributed by atoms with Crippen LogP contribution in [-0.2, 0) is 16.1 Å². The summed E-state index contributed by atoms with van der Waals surface area (Å²) in [4.78, 5) is 30.3. The van der Waals surface area contributed by atoms with E-state index >= 15 is 0 Å². The van der Waals surface area contributed by atoms with Gasteiger partial charge in [0.1, 0.15) is 18.1 Å². The van der Waals surface area contributed by atoms with Crippen molar-refractivity contribution in [1.29, 1.82) is 0 Å². The van der Waals surface area contributed by atoms with Gasteiger partial charge in [-0.05, 0) is 56.0 Å². The smallest absolute Gasteiger partial charge is 0.249 e. The van der Waals surface area contributed by atoms with Crippen LogP contribution in [0.4, 0.5) is 5.69 Å². The Morgan fingerprint density at radius 1 is 0.975 bits per heavy atom. The second-order valence-electron chi connectivity index (χ2n) is 10.2. The van der Waals surface area contributed by atoms with E-state index in [9.17, 15) is 9.59 Å². The number of ether oxygens (including phenoxy) is 2. The van der Waals surface area contributed by atoms with E-state index in [1.54, 1.807) is 29.9 Å². The van der Waals surface area contributed by atoms with E-state index in [0.29, 0.717) is 28.3 Å². The van der Waals surface area contributed by atoms with Gasteiger partial charge in [-0.3, -0.25) is 14.5 Å². The maximum atomic E-state index is 14.5. The third-order valence-electron chi connectivity index (χ3n) is 7.59. The average Bonchev–Trinajstić information content (AvgIpc) is 3.62. The largest absolute Gasteiger partial charge is 0.493 e. The van der Waals surface area contributed by atoms with Crippen molar-refractivity contribution >= 4 is 28.5 Å². The van der Waals surface area contributed by atoms with E-state index in [-0.39, 0.29) is 24.4 Å². The number of aryl methyl sites for hydroxylation is 2. The van der Waals surface area contributed by atoms with Gasteiger partial charge in [0.2, 0.25) is 11.8 Å². The second kappa shape index (κ2) is 11.8. The van der Waals surface area contributed by atoms with Gasteiger partial charge in [0, 0.05) is 11.6 Å². The first kappa shape index (κ1) is 27.2. The first-order valence-corrected chi connectivity index (χ1v) is 13.6. The Kier molecular flexibility index (Phi) is 8.00. The Morgan fingerprint density at radius 2 is 1.68 bits per heavy atom. The summed E-state index contributed by atoms with van der Waals surface area (Å²) in [5.41, 5.74) is 4.39. The highest BCUT2D eigenvalue weighted by atomic mass is 16.5. The monoisotopic (exact) mass is 541 g/mol. The molecule has 0 aliphatic heterocycles. The Bertz CT molecular complexity index is 1510. The number of fused-ring (bicyclic) bond motifs is 1. The number of para-hydroxylation sites is 3. The lowest BCUT2D eigenvalue weighted by atomic mass is 9.98. The quantitative estimate of drug-likeness (QED) is 0.324. The maximum absolute atomic E-state index is 14.5. The molecule has 1 heterocycles. The molecule has 5 rings (SSSR count). The zero-order chi connectivity index (χ0) is 28.2. The van der Waals surface area contributed by atoms with E-state index in [1.165, 1.54) is 0 Å². The summed E-state index contributed by atoms with van der Waals surface area (Å²) in [5.74, 6) is 0.323. The van der Waals surface area contributed by atoms with Crippen molar-refractivity contribution in [3.63, 3.8) is 0 Å². The van der Waals surface area contributed by atoms with Crippen molar-refractivity contribution in [2.45, 2.75) is 58.2 Å². The molecule has 1 aromatic heterocycles. The molecule has 1 unspecified atom stereocenters. The molecule has 1 saturated carbocycles. The van der Waals surface area contributed by atoms with Crippen molar-refractivity contribution < 1.29 is 19.1 Å². The van der Waals surface area contributed by atoms with Gasteiger partial charge in [-0.1, -0.05) is 60.5 Å². The predicted octanol–water partition coefficient (Wildman–Crippen LogP) is 4.90. The van der Waals surface area contributed by atoms with Gasteiger partial charge in [-0.15, -0.1) is 5.10 Å². The molecule has 1 N–H and O–H groups in total. The van der Waals surface area contributed by atoms with Crippen LogP contribution in [0.25, 0.3) is 11.0 Å². The van der Waals surface area contributed by atoms with Gasteiger partial charge in [0.05, 0.1) is 25.4 Å². The van der Waals surface area contributed by atoms with Crippen molar-refractivity contribution in [2.24, 2.45) is 0 Å². The standard InChI is InChI=1S/C31H35N5O4/c1-20-11-9-12-21(2)28(20)36(27(37)19-35-25-17-8-7-16-24(25)33-34-35)29(31(38)32-22-13-5-6-14-22)23-15-10-18-26(39-3)30(23)40-4/h7-12,15-18,22,29H,5-6,13-14,19H2,1-4H3,(H,32,38). The molecule has 9 nitrogen and oxygen atoms in total. The number of amides is 2. The van der Waals surface area contributed by atoms with E-state index in [4.69, 9.17) is 9.47 Å². The minimum absolute atomic E-state index is 0.0563. The fourth-order valence-electron chi connectivity index (χ4n) is 5.70. The number of hydrogen-bond acceptors (Lipinski definition) is 6. The Balaban J connectivity index is 1.68. The molecule has 4 aromatic rings. The number of nitrogens with zero attached hydrogens (tertiary/aromatic N) is 4. The highest BCUT2D eigenvalue weighted by Crippen LogP contribution is 2.41. The molecular weight excluding hydrogens is 506 g/mol. The third-order valence-corrected chi connectivity index (χ3v) is 7.59. The van der Waals surface area contributed by atoms with Crippen LogP contribution in [0.2, 0.25) is 0 Å². The molecule has 2 amide bonds. The lowest BCUT2D eigenvalue weighted by Gasteiger charge is -2.35. The van der Waals surface area contributed by atoms with Crippen LogP contribution in [0.15, 0.2) is 60.7 Å². The van der Waals surface area contributed by atoms with Gasteiger partial charge in [0.25, 0.3) is 0 Å². The maximum Gasteiger partial charge on any atom is 0.249 e. The molecule has 0 spiro atoms. The number of nitrogens with one attached hydrogen (secondary N) is 1. The van der Waals surface area contributed by atoms with Crippen LogP contribution in [0.1, 0.15) is 48.4 Å². The molecule has 9 heteroatoms. The number of aromatic nitrogens is 3. The molecular formula is C31H35N5O4. The molecule has 1 fully saturated rings. The number of rotatable bonds is 9. The molecule has 1 aliphatic carbocycles. The Labute approximate surface area is 234 Å². The zero-order valence-corrected chi connectivity index (χ0v) is 23.4. The molecule has 3 aromatic carbocycles. The molecule has 0 bridgehead atoms. The highest BCUT2D eigenvalue weighted by molar-refractivity contribution is 6.03. The average molecular weight is 542 g/mol. The summed E-state index contributed by atoms with van der Waals surface area (Å²) in [5, 5.41) is 11.7. The third kappa shape index (κ3) is 5.23. The molecule has 0 saturated heterocycles. The van der Waals surface area contributed by atoms with Crippen molar-refractivity contribution in [2.75, 3.05) is 19.1 Å². The second-order valence-corrected chi connectivity index (χ2v) is 10.2. The van der Waals surface area contributed by atoms with Crippen LogP contribution in [-0.4, -0.2) is 47.1 Å². The van der Waals surface area contributed by atoms with Crippen LogP contribution in [0, 0.1) is 13.8 Å². The Hall–Kier alpha value is -4.40. The summed E-state index contributed by atoms with van der Waals surface area (Å²) in [6.07, 6.45) is 3.96. The minimum Gasteiger partial charge on any atom is -0.493 e. The van der Waals surface area contributed by atoms with Crippen molar-refractivity contribution in [3.8, 4) is 11.5 Å². The van der Waals surface area contributed by atoms with Crippen molar-refractivity contribution in [1.82, 2.24) is 20.3 Å². The number of hydrogen-bond donors (Lipinski definition) is 1. The SMILES string of the molecule is COc1cccc(C(C(=O)NC2CCCC2)N(C(=O)Cn2nnc3ccccc32)c2c(C)cccc2C)c1OC. The summed E-state index contributed by atoms with van der Waals surface area (Å²) < 4.78 is 12.9. The zero-order valence-electron chi connectivity index (χ0n) is 23.4. The number of benzene rings is 3. The summed E-state index contributed by atoms with van der Waals surface area (Å²) in [6, 6.07) is 17.8. The lowest BCUT2D eigenvalue weighted by molar-refractivity contribution is -0.127. The normalized spacial score (nSPS) is 14.2. The van der Waals surface area contributed by atoms with Crippen LogP contribution in [0.5, 0.6) is 11.5 Å². The van der Waals surface area contributed by atoms with Crippen molar-refractivity contribution in [3.05, 3.63) is 77.4 Å². The van der Waals surface area contributed by atoms with E-state index < -0.39 is 6.04 Å². The molecule has 0 radical (unpaired) electrons. The number of methoxy groups -OCH3 is 2. The first-order valence-electron chi connectivity index (χ1n) is 13.6. The summed E-state index contributed by atoms with van der Waals surface area (Å²) >= 11 is 0. The predicted molar refractivity (Wildman–Crippen MR) is 154 cm³/mol. The molecule has 1 atom stereocenters. The van der Waals surface area contributed by atoms with Gasteiger partial charge >= 0.3 is 0 Å². The summed E-state index contributed by atoms with van der Waals surface area (Å²) in [7, 11) is 3.10. The van der Waals surface area contributed by atoms with Gasteiger partial charge in [0.15, 0.2) is 11.5 Å². The topological polar surface area (TPSA) is 98.6 Å². The van der Waals surface area contributed by atoms with Crippen LogP contribution >= 0.6 is 0 Å². The van der Waals surface area contributed by atoms with E-state index in [1.807, 2.05) is 68.4 Å². The fraction of sp³-hybridized carbons (Fsp3) is 0.355. The molecule has 40 heavy (non-hydrogen) atoms. The first-order chi connectivity index (χ1) is 19.4. The molecule has 1 aliphatic rings. The van der Waals surface area contributed by atoms with Crippen LogP contribution in [0.3, 0.4) is 0 Å². The van der Waals surface area contributed by atoms with E-state index in [0.717, 1.165) is 42.3 Å². The Morgan fingerprint density at radius 3 is 2.38 bits per heavy atom. The fourth-order valence-corrected chi connectivity index (χ4v) is 5.70. The van der Waals surface area contributed by atoms with E-state index in [2.05, 4.69) is 15.6 Å². The number of carbonyl (C=O) groups is 2. The minimum atomic E-state index is -1.02. The van der Waals surface area contributed by atoms with Crippen LogP contribution < -0.4 is 19.7 Å². The number of anilines is 1. The molecule has 208 valence electrons. The summed E-state index contributed by atoms with van der Waals surface area (Å²) in [6.45, 7) is 3.79. The van der Waals surface area contributed by atoms with Gasteiger partial charge in [-0.2, -0.15) is 0 Å². The lowest BCUT2D eigenvalue weighted by Crippen LogP contribution is -2.48. The van der Waals surface area contributed by atoms with Gasteiger partial charge in [-0.25, -0.2) is 4.68 Å². The van der Waals surface area contributed by atoms with Gasteiger partial charge < -0.3 is 14.8 Å². The highest BCUT2D eigenvalue weighted by Gasteiger charge is 2.38. The number of carbonyl (C=O) groups excluding carboxylic acids is 2.